The van der Waals surface area contributed by atoms with Crippen molar-refractivity contribution in [3.63, 3.8) is 0 Å². The Kier molecular flexibility index (Phi) is 6.96. The van der Waals surface area contributed by atoms with Crippen molar-refractivity contribution in [1.82, 2.24) is 10.3 Å². The van der Waals surface area contributed by atoms with Gasteiger partial charge in [-0.05, 0) is 72.8 Å². The highest BCUT2D eigenvalue weighted by atomic mass is 35.5. The number of thioether (sulfide) groups is 1. The van der Waals surface area contributed by atoms with Crippen molar-refractivity contribution in [3.8, 4) is 0 Å². The van der Waals surface area contributed by atoms with Crippen LogP contribution < -0.4 is 15.5 Å². The average Bonchev–Trinajstić information content (AvgIpc) is 3.01. The summed E-state index contributed by atoms with van der Waals surface area (Å²) in [6.45, 7) is 1.55. The number of rotatable bonds is 6. The van der Waals surface area contributed by atoms with E-state index in [1.54, 1.807) is 43.3 Å². The van der Waals surface area contributed by atoms with Gasteiger partial charge >= 0.3 is 11.5 Å². The molecular formula is C24H18ClF3N4O3S. The van der Waals surface area contributed by atoms with Crippen LogP contribution in [0.3, 0.4) is 0 Å². The van der Waals surface area contributed by atoms with Gasteiger partial charge in [0.05, 0.1) is 16.3 Å². The smallest absolute Gasteiger partial charge is 0.323 e. The number of halogens is 4. The monoisotopic (exact) mass is 534 g/mol. The molecule has 1 atom stereocenters. The number of benzene rings is 2. The van der Waals surface area contributed by atoms with E-state index < -0.39 is 28.9 Å². The van der Waals surface area contributed by atoms with Gasteiger partial charge in [-0.15, -0.1) is 0 Å². The summed E-state index contributed by atoms with van der Waals surface area (Å²) in [6, 6.07) is 14.0. The highest BCUT2D eigenvalue weighted by molar-refractivity contribution is 8.00. The molecule has 1 aliphatic rings. The molecule has 0 bridgehead atoms. The number of alkyl halides is 3. The number of aromatic nitrogens is 1. The highest BCUT2D eigenvalue weighted by Crippen LogP contribution is 2.38. The first-order valence-corrected chi connectivity index (χ1v) is 11.7. The Balaban J connectivity index is 1.49. The predicted octanol–water partition coefficient (Wildman–Crippen LogP) is 5.66. The molecule has 1 fully saturated rings. The second-order valence-electron chi connectivity index (χ2n) is 8.10. The van der Waals surface area contributed by atoms with Crippen molar-refractivity contribution < 1.29 is 27.6 Å². The first-order valence-electron chi connectivity index (χ1n) is 10.5. The lowest BCUT2D eigenvalue weighted by Crippen LogP contribution is -2.46. The molecule has 2 aromatic carbocycles. The summed E-state index contributed by atoms with van der Waals surface area (Å²) < 4.78 is 37.7. The molecule has 1 saturated heterocycles. The van der Waals surface area contributed by atoms with Crippen molar-refractivity contribution in [2.75, 3.05) is 10.2 Å². The lowest BCUT2D eigenvalue weighted by atomic mass is 9.93. The summed E-state index contributed by atoms with van der Waals surface area (Å²) in [4.78, 5) is 43.3. The number of urea groups is 1. The van der Waals surface area contributed by atoms with Crippen LogP contribution in [0.2, 0.25) is 5.02 Å². The van der Waals surface area contributed by atoms with Gasteiger partial charge in [0.1, 0.15) is 11.4 Å². The van der Waals surface area contributed by atoms with E-state index in [9.17, 15) is 27.6 Å². The minimum absolute atomic E-state index is 0.0655. The molecule has 1 unspecified atom stereocenters. The van der Waals surface area contributed by atoms with E-state index in [0.717, 1.165) is 4.90 Å². The number of carbonyl (C=O) groups excluding carboxylic acids is 3. The third-order valence-corrected chi connectivity index (χ3v) is 6.40. The molecule has 2 heterocycles. The number of imide groups is 1. The van der Waals surface area contributed by atoms with E-state index >= 15 is 0 Å². The maximum atomic E-state index is 13.2. The van der Waals surface area contributed by atoms with Gasteiger partial charge in [0.2, 0.25) is 0 Å². The third kappa shape index (κ3) is 5.63. The first kappa shape index (κ1) is 25.5. The number of amides is 4. The van der Waals surface area contributed by atoms with Crippen molar-refractivity contribution in [2.45, 2.75) is 29.3 Å². The number of hydrogen-bond acceptors (Lipinski definition) is 5. The summed E-state index contributed by atoms with van der Waals surface area (Å²) in [5, 5.41) is 5.58. The van der Waals surface area contributed by atoms with Gasteiger partial charge in [-0.1, -0.05) is 23.7 Å². The maximum Gasteiger partial charge on any atom is 0.446 e. The lowest BCUT2D eigenvalue weighted by Gasteiger charge is -2.22. The minimum atomic E-state index is -4.45. The zero-order valence-corrected chi connectivity index (χ0v) is 20.2. The standard InChI is InChI=1S/C24H18ClF3N4O3S/c1-23(13-14-10-11-29-19(12-14)30-20(33)17-4-2-3-5-18(17)25)21(34)32(22(35)31-23)15-6-8-16(9-7-15)36-24(26,27)28/h2-12H,13H2,1H3,(H,31,35)(H,29,30,33). The molecule has 7 nitrogen and oxygen atoms in total. The van der Waals surface area contributed by atoms with E-state index in [-0.39, 0.29) is 45.2 Å². The van der Waals surface area contributed by atoms with Crippen LogP contribution in [0.5, 0.6) is 0 Å². The number of nitrogens with one attached hydrogen (secondary N) is 2. The molecular weight excluding hydrogens is 517 g/mol. The van der Waals surface area contributed by atoms with Crippen molar-refractivity contribution in [2.24, 2.45) is 0 Å². The number of nitrogens with zero attached hydrogens (tertiary/aromatic N) is 2. The molecule has 12 heteroatoms. The Hall–Kier alpha value is -3.57. The predicted molar refractivity (Wildman–Crippen MR) is 130 cm³/mol. The number of pyridine rings is 1. The molecule has 186 valence electrons. The first-order chi connectivity index (χ1) is 16.9. The molecule has 1 aromatic heterocycles. The van der Waals surface area contributed by atoms with E-state index in [0.29, 0.717) is 5.56 Å². The van der Waals surface area contributed by atoms with Crippen LogP contribution in [0.25, 0.3) is 0 Å². The lowest BCUT2D eigenvalue weighted by molar-refractivity contribution is -0.121. The summed E-state index contributed by atoms with van der Waals surface area (Å²) in [5.74, 6) is -0.797. The van der Waals surface area contributed by atoms with Gasteiger partial charge in [0, 0.05) is 17.5 Å². The second kappa shape index (κ2) is 9.82. The molecule has 2 N–H and O–H groups in total. The van der Waals surface area contributed by atoms with Gasteiger partial charge in [-0.3, -0.25) is 9.59 Å². The summed E-state index contributed by atoms with van der Waals surface area (Å²) in [5.41, 5.74) is -4.75. The molecule has 0 spiro atoms. The van der Waals surface area contributed by atoms with E-state index in [2.05, 4.69) is 15.6 Å². The SMILES string of the molecule is CC1(Cc2ccnc(NC(=O)c3ccccc3Cl)c2)NC(=O)N(c2ccc(SC(F)(F)F)cc2)C1=O. The van der Waals surface area contributed by atoms with Gasteiger partial charge in [0.15, 0.2) is 0 Å². The Morgan fingerprint density at radius 1 is 1.14 bits per heavy atom. The molecule has 1 aliphatic heterocycles. The average molecular weight is 535 g/mol. The fraction of sp³-hybridized carbons (Fsp3) is 0.167. The quantitative estimate of drug-likeness (QED) is 0.315. The molecule has 36 heavy (non-hydrogen) atoms. The van der Waals surface area contributed by atoms with Gasteiger partial charge in [-0.2, -0.15) is 13.2 Å². The van der Waals surface area contributed by atoms with Crippen molar-refractivity contribution >= 4 is 52.7 Å². The number of carbonyl (C=O) groups is 3. The third-order valence-electron chi connectivity index (χ3n) is 5.33. The largest absolute Gasteiger partial charge is 0.446 e. The fourth-order valence-corrected chi connectivity index (χ4v) is 4.49. The zero-order valence-electron chi connectivity index (χ0n) is 18.6. The summed E-state index contributed by atoms with van der Waals surface area (Å²) >= 11 is 5.78. The molecule has 0 radical (unpaired) electrons. The highest BCUT2D eigenvalue weighted by Gasteiger charge is 2.48. The Morgan fingerprint density at radius 3 is 2.50 bits per heavy atom. The molecule has 4 amide bonds. The van der Waals surface area contributed by atoms with Crippen LogP contribution >= 0.6 is 23.4 Å². The molecule has 0 aliphatic carbocycles. The van der Waals surface area contributed by atoms with Gasteiger partial charge in [-0.25, -0.2) is 14.7 Å². The summed E-state index contributed by atoms with van der Waals surface area (Å²) in [6.07, 6.45) is 1.53. The molecule has 4 rings (SSSR count). The molecule has 3 aromatic rings. The van der Waals surface area contributed by atoms with Gasteiger partial charge < -0.3 is 10.6 Å². The van der Waals surface area contributed by atoms with Crippen LogP contribution in [0.4, 0.5) is 29.5 Å². The maximum absolute atomic E-state index is 13.2. The van der Waals surface area contributed by atoms with Crippen LogP contribution in [0.15, 0.2) is 71.8 Å². The van der Waals surface area contributed by atoms with Gasteiger partial charge in [0.25, 0.3) is 11.8 Å². The Labute approximate surface area is 213 Å². The Bertz CT molecular complexity index is 1340. The topological polar surface area (TPSA) is 91.4 Å². The van der Waals surface area contributed by atoms with Crippen molar-refractivity contribution in [1.29, 1.82) is 0 Å². The zero-order chi connectivity index (χ0) is 26.1. The van der Waals surface area contributed by atoms with E-state index in [1.165, 1.54) is 30.5 Å². The second-order valence-corrected chi connectivity index (χ2v) is 9.65. The minimum Gasteiger partial charge on any atom is -0.323 e. The molecule has 0 saturated carbocycles. The van der Waals surface area contributed by atoms with Crippen molar-refractivity contribution in [3.05, 3.63) is 83.0 Å². The Morgan fingerprint density at radius 2 is 1.83 bits per heavy atom. The summed E-state index contributed by atoms with van der Waals surface area (Å²) in [7, 11) is 0. The van der Waals surface area contributed by atoms with Crippen LogP contribution in [0.1, 0.15) is 22.8 Å². The van der Waals surface area contributed by atoms with Crippen LogP contribution in [-0.4, -0.2) is 33.9 Å². The van der Waals surface area contributed by atoms with E-state index in [1.807, 2.05) is 0 Å². The number of hydrogen-bond donors (Lipinski definition) is 2. The van der Waals surface area contributed by atoms with E-state index in [4.69, 9.17) is 11.6 Å². The fourth-order valence-electron chi connectivity index (χ4n) is 3.73. The normalized spacial score (nSPS) is 17.8. The van der Waals surface area contributed by atoms with Crippen LogP contribution in [-0.2, 0) is 11.2 Å². The van der Waals surface area contributed by atoms with Crippen LogP contribution in [0, 0.1) is 0 Å². The number of anilines is 2.